The summed E-state index contributed by atoms with van der Waals surface area (Å²) < 4.78 is 0. The number of carbonyl (C=O) groups excluding carboxylic acids is 1. The summed E-state index contributed by atoms with van der Waals surface area (Å²) >= 11 is 1.49. The molecular weight excluding hydrogens is 312 g/mol. The van der Waals surface area contributed by atoms with E-state index in [1.807, 2.05) is 12.3 Å². The number of aromatic amines is 1. The van der Waals surface area contributed by atoms with E-state index in [2.05, 4.69) is 15.0 Å². The number of likely N-dealkylation sites (tertiary alicyclic amines) is 1. The van der Waals surface area contributed by atoms with Gasteiger partial charge < -0.3 is 9.88 Å². The van der Waals surface area contributed by atoms with Crippen molar-refractivity contribution in [1.82, 2.24) is 19.9 Å². The van der Waals surface area contributed by atoms with Gasteiger partial charge in [-0.15, -0.1) is 11.3 Å². The van der Waals surface area contributed by atoms with Crippen molar-refractivity contribution in [3.05, 3.63) is 32.5 Å². The van der Waals surface area contributed by atoms with E-state index in [-0.39, 0.29) is 11.5 Å². The molecule has 3 heterocycles. The van der Waals surface area contributed by atoms with E-state index in [0.29, 0.717) is 24.6 Å². The van der Waals surface area contributed by atoms with Crippen LogP contribution in [0.1, 0.15) is 47.5 Å². The van der Waals surface area contributed by atoms with Crippen LogP contribution >= 0.6 is 11.3 Å². The number of hydrogen-bond acceptors (Lipinski definition) is 5. The first-order valence-corrected chi connectivity index (χ1v) is 8.84. The predicted molar refractivity (Wildman–Crippen MR) is 89.7 cm³/mol. The Morgan fingerprint density at radius 2 is 1.91 bits per heavy atom. The SMILES string of the molecule is Cc1nc(-c2ncc(C(=O)N3CCCCCCC3)c(=O)[nH]2)cs1. The molecule has 1 aliphatic heterocycles. The zero-order valence-electron chi connectivity index (χ0n) is 13.2. The number of rotatable bonds is 2. The molecule has 7 heteroatoms. The number of nitrogens with one attached hydrogen (secondary N) is 1. The molecule has 1 amide bonds. The predicted octanol–water partition coefficient (Wildman–Crippen LogP) is 2.61. The Labute approximate surface area is 138 Å². The van der Waals surface area contributed by atoms with Gasteiger partial charge in [0.05, 0.1) is 5.01 Å². The molecule has 1 N–H and O–H groups in total. The number of carbonyl (C=O) groups is 1. The van der Waals surface area contributed by atoms with E-state index in [4.69, 9.17) is 0 Å². The molecule has 0 saturated carbocycles. The van der Waals surface area contributed by atoms with Crippen LogP contribution in [0.15, 0.2) is 16.4 Å². The lowest BCUT2D eigenvalue weighted by Gasteiger charge is -2.24. The Kier molecular flexibility index (Phi) is 4.85. The van der Waals surface area contributed by atoms with E-state index in [0.717, 1.165) is 30.7 Å². The van der Waals surface area contributed by atoms with Gasteiger partial charge in [0.1, 0.15) is 11.3 Å². The third kappa shape index (κ3) is 3.67. The van der Waals surface area contributed by atoms with E-state index >= 15 is 0 Å². The fraction of sp³-hybridized carbons (Fsp3) is 0.500. The lowest BCUT2D eigenvalue weighted by atomic mass is 10.1. The van der Waals surface area contributed by atoms with Crippen molar-refractivity contribution in [2.24, 2.45) is 0 Å². The maximum atomic E-state index is 12.6. The van der Waals surface area contributed by atoms with Crippen molar-refractivity contribution in [2.75, 3.05) is 13.1 Å². The van der Waals surface area contributed by atoms with Gasteiger partial charge in [-0.2, -0.15) is 0 Å². The number of aryl methyl sites for hydroxylation is 1. The number of nitrogens with zero attached hydrogens (tertiary/aromatic N) is 3. The molecule has 1 fully saturated rings. The third-order valence-electron chi connectivity index (χ3n) is 4.03. The molecule has 6 nitrogen and oxygen atoms in total. The van der Waals surface area contributed by atoms with Crippen molar-refractivity contribution in [2.45, 2.75) is 39.0 Å². The number of thiazole rings is 1. The van der Waals surface area contributed by atoms with Crippen LogP contribution in [-0.2, 0) is 0 Å². The number of aromatic nitrogens is 3. The topological polar surface area (TPSA) is 79.0 Å². The molecule has 3 rings (SSSR count). The maximum Gasteiger partial charge on any atom is 0.264 e. The molecule has 23 heavy (non-hydrogen) atoms. The Bertz CT molecular complexity index is 745. The van der Waals surface area contributed by atoms with Crippen molar-refractivity contribution in [1.29, 1.82) is 0 Å². The minimum Gasteiger partial charge on any atom is -0.338 e. The van der Waals surface area contributed by atoms with Crippen LogP contribution in [0.2, 0.25) is 0 Å². The maximum absolute atomic E-state index is 12.6. The first kappa shape index (κ1) is 15.9. The molecule has 2 aromatic heterocycles. The van der Waals surface area contributed by atoms with Crippen LogP contribution in [0, 0.1) is 6.92 Å². The minimum atomic E-state index is -0.396. The van der Waals surface area contributed by atoms with E-state index in [1.165, 1.54) is 24.0 Å². The molecule has 122 valence electrons. The summed E-state index contributed by atoms with van der Waals surface area (Å²) in [5.74, 6) is 0.185. The summed E-state index contributed by atoms with van der Waals surface area (Å²) in [6, 6.07) is 0. The lowest BCUT2D eigenvalue weighted by molar-refractivity contribution is 0.0740. The van der Waals surface area contributed by atoms with E-state index < -0.39 is 5.56 Å². The molecule has 0 unspecified atom stereocenters. The van der Waals surface area contributed by atoms with Gasteiger partial charge in [0, 0.05) is 24.7 Å². The summed E-state index contributed by atoms with van der Waals surface area (Å²) in [7, 11) is 0. The highest BCUT2D eigenvalue weighted by Gasteiger charge is 2.20. The van der Waals surface area contributed by atoms with Gasteiger partial charge in [0.15, 0.2) is 5.82 Å². The van der Waals surface area contributed by atoms with Gasteiger partial charge in [0.2, 0.25) is 0 Å². The average Bonchev–Trinajstić information content (AvgIpc) is 2.93. The molecule has 0 aromatic carbocycles. The summed E-state index contributed by atoms with van der Waals surface area (Å²) in [5, 5.41) is 2.75. The first-order chi connectivity index (χ1) is 11.1. The second-order valence-corrected chi connectivity index (χ2v) is 6.85. The van der Waals surface area contributed by atoms with Crippen LogP contribution in [0.25, 0.3) is 11.5 Å². The van der Waals surface area contributed by atoms with Gasteiger partial charge in [-0.3, -0.25) is 9.59 Å². The summed E-state index contributed by atoms with van der Waals surface area (Å²) in [5.41, 5.74) is 0.351. The normalized spacial score (nSPS) is 16.0. The Hall–Kier alpha value is -2.02. The van der Waals surface area contributed by atoms with E-state index in [1.54, 1.807) is 4.90 Å². The second kappa shape index (κ2) is 7.04. The zero-order chi connectivity index (χ0) is 16.2. The monoisotopic (exact) mass is 332 g/mol. The first-order valence-electron chi connectivity index (χ1n) is 7.96. The summed E-state index contributed by atoms with van der Waals surface area (Å²) in [6.07, 6.45) is 6.87. The molecule has 0 atom stereocenters. The van der Waals surface area contributed by atoms with Gasteiger partial charge >= 0.3 is 0 Å². The van der Waals surface area contributed by atoms with Gasteiger partial charge in [0.25, 0.3) is 11.5 Å². The van der Waals surface area contributed by atoms with Crippen molar-refractivity contribution in [3.63, 3.8) is 0 Å². The Balaban J connectivity index is 1.82. The molecule has 2 aromatic rings. The van der Waals surface area contributed by atoms with Crippen LogP contribution in [0.5, 0.6) is 0 Å². The molecular formula is C16H20N4O2S. The highest BCUT2D eigenvalue weighted by molar-refractivity contribution is 7.09. The quantitative estimate of drug-likeness (QED) is 0.917. The number of hydrogen-bond donors (Lipinski definition) is 1. The smallest absolute Gasteiger partial charge is 0.264 e. The molecule has 0 radical (unpaired) electrons. The van der Waals surface area contributed by atoms with E-state index in [9.17, 15) is 9.59 Å². The number of H-pyrrole nitrogens is 1. The van der Waals surface area contributed by atoms with Crippen LogP contribution < -0.4 is 5.56 Å². The van der Waals surface area contributed by atoms with Crippen LogP contribution in [-0.4, -0.2) is 38.8 Å². The Morgan fingerprint density at radius 1 is 1.22 bits per heavy atom. The zero-order valence-corrected chi connectivity index (χ0v) is 14.0. The molecule has 1 saturated heterocycles. The molecule has 1 aliphatic rings. The van der Waals surface area contributed by atoms with Gasteiger partial charge in [-0.25, -0.2) is 9.97 Å². The van der Waals surface area contributed by atoms with Crippen molar-refractivity contribution < 1.29 is 4.79 Å². The average molecular weight is 332 g/mol. The summed E-state index contributed by atoms with van der Waals surface area (Å²) in [4.78, 5) is 37.9. The lowest BCUT2D eigenvalue weighted by Crippen LogP contribution is -2.37. The number of amides is 1. The van der Waals surface area contributed by atoms with Crippen LogP contribution in [0.3, 0.4) is 0 Å². The molecule has 0 spiro atoms. The highest BCUT2D eigenvalue weighted by Crippen LogP contribution is 2.17. The highest BCUT2D eigenvalue weighted by atomic mass is 32.1. The molecule has 0 aliphatic carbocycles. The molecule has 0 bridgehead atoms. The largest absolute Gasteiger partial charge is 0.338 e. The fourth-order valence-corrected chi connectivity index (χ4v) is 3.37. The summed E-state index contributed by atoms with van der Waals surface area (Å²) in [6.45, 7) is 3.32. The van der Waals surface area contributed by atoms with Gasteiger partial charge in [-0.05, 0) is 19.8 Å². The third-order valence-corrected chi connectivity index (χ3v) is 4.81. The Morgan fingerprint density at radius 3 is 2.52 bits per heavy atom. The van der Waals surface area contributed by atoms with Crippen molar-refractivity contribution >= 4 is 17.2 Å². The van der Waals surface area contributed by atoms with Gasteiger partial charge in [-0.1, -0.05) is 19.3 Å². The van der Waals surface area contributed by atoms with Crippen molar-refractivity contribution in [3.8, 4) is 11.5 Å². The fourth-order valence-electron chi connectivity index (χ4n) is 2.77. The standard InChI is InChI=1S/C16H20N4O2S/c1-11-18-13(10-23-11)14-17-9-12(15(21)19-14)16(22)20-7-5-3-2-4-6-8-20/h9-10H,2-8H2,1H3,(H,17,19,21). The van der Waals surface area contributed by atoms with Crippen LogP contribution in [0.4, 0.5) is 0 Å². The minimum absolute atomic E-state index is 0.112. The second-order valence-electron chi connectivity index (χ2n) is 5.79.